The molecule has 2 aliphatic heterocycles. The summed E-state index contributed by atoms with van der Waals surface area (Å²) in [5.74, 6) is 1.27. The molecule has 2 aromatic rings. The van der Waals surface area contributed by atoms with Gasteiger partial charge in [-0.15, -0.1) is 0 Å². The summed E-state index contributed by atoms with van der Waals surface area (Å²) in [4.78, 5) is 19.2. The maximum absolute atomic E-state index is 12.5. The van der Waals surface area contributed by atoms with Crippen LogP contribution in [0.1, 0.15) is 16.9 Å². The fourth-order valence-electron chi connectivity index (χ4n) is 3.63. The number of aromatic nitrogens is 1. The molecule has 2 aliphatic rings. The normalized spacial score (nSPS) is 26.3. The number of methoxy groups -OCH3 is 1. The lowest BCUT2D eigenvalue weighted by molar-refractivity contribution is 0.0919. The summed E-state index contributed by atoms with van der Waals surface area (Å²) < 4.78 is 5.37. The van der Waals surface area contributed by atoms with Gasteiger partial charge in [-0.3, -0.25) is 9.78 Å². The van der Waals surface area contributed by atoms with Crippen LogP contribution < -0.4 is 10.1 Å². The second-order valence-electron chi connectivity index (χ2n) is 6.14. The molecule has 5 nitrogen and oxygen atoms in total. The Morgan fingerprint density at radius 2 is 2.32 bits per heavy atom. The summed E-state index contributed by atoms with van der Waals surface area (Å²) in [6, 6.07) is 7.86. The van der Waals surface area contributed by atoms with E-state index >= 15 is 0 Å². The molecule has 114 valence electrons. The molecule has 0 aliphatic carbocycles. The molecule has 22 heavy (non-hydrogen) atoms. The van der Waals surface area contributed by atoms with E-state index in [1.165, 1.54) is 13.0 Å². The maximum atomic E-state index is 12.5. The minimum Gasteiger partial charge on any atom is -0.496 e. The molecule has 3 atom stereocenters. The van der Waals surface area contributed by atoms with E-state index in [0.717, 1.165) is 29.6 Å². The van der Waals surface area contributed by atoms with Crippen molar-refractivity contribution in [1.82, 2.24) is 15.2 Å². The molecule has 3 heterocycles. The lowest BCUT2D eigenvalue weighted by atomic mass is 10.00. The zero-order chi connectivity index (χ0) is 15.1. The number of ether oxygens (including phenoxy) is 1. The Labute approximate surface area is 129 Å². The average molecular weight is 297 g/mol. The number of amides is 1. The van der Waals surface area contributed by atoms with Gasteiger partial charge in [0.05, 0.1) is 7.11 Å². The number of fused-ring (bicyclic) bond motifs is 3. The molecular weight excluding hydrogens is 278 g/mol. The molecule has 1 amide bonds. The number of benzene rings is 1. The molecule has 1 aromatic heterocycles. The highest BCUT2D eigenvalue weighted by Crippen LogP contribution is 2.28. The predicted octanol–water partition coefficient (Wildman–Crippen LogP) is 1.68. The van der Waals surface area contributed by atoms with Gasteiger partial charge in [0.2, 0.25) is 0 Å². The van der Waals surface area contributed by atoms with Crippen LogP contribution in [0.2, 0.25) is 0 Å². The number of piperidine rings is 1. The van der Waals surface area contributed by atoms with Gasteiger partial charge in [0.25, 0.3) is 5.91 Å². The van der Waals surface area contributed by atoms with Crippen molar-refractivity contribution in [3.8, 4) is 5.75 Å². The van der Waals surface area contributed by atoms with Crippen LogP contribution >= 0.6 is 0 Å². The molecule has 2 saturated heterocycles. The minimum absolute atomic E-state index is 0.0912. The minimum atomic E-state index is -0.0912. The van der Waals surface area contributed by atoms with Gasteiger partial charge in [-0.05, 0) is 31.0 Å². The van der Waals surface area contributed by atoms with Crippen LogP contribution in [0.3, 0.4) is 0 Å². The van der Waals surface area contributed by atoms with Crippen molar-refractivity contribution in [3.63, 3.8) is 0 Å². The van der Waals surface area contributed by atoms with Crippen LogP contribution in [0.5, 0.6) is 5.75 Å². The summed E-state index contributed by atoms with van der Waals surface area (Å²) in [7, 11) is 1.64. The Morgan fingerprint density at radius 3 is 3.05 bits per heavy atom. The van der Waals surface area contributed by atoms with E-state index in [4.69, 9.17) is 4.74 Å². The fraction of sp³-hybridized carbons (Fsp3) is 0.412. The maximum Gasteiger partial charge on any atom is 0.270 e. The number of rotatable bonds is 3. The number of carbonyl (C=O) groups is 1. The average Bonchev–Trinajstić information content (AvgIpc) is 3.16. The molecule has 0 spiro atoms. The first-order valence-electron chi connectivity index (χ1n) is 7.70. The zero-order valence-corrected chi connectivity index (χ0v) is 12.6. The van der Waals surface area contributed by atoms with E-state index in [1.54, 1.807) is 13.3 Å². The Balaban J connectivity index is 1.59. The molecule has 4 rings (SSSR count). The van der Waals surface area contributed by atoms with Gasteiger partial charge in [0, 0.05) is 36.1 Å². The lowest BCUT2D eigenvalue weighted by Crippen LogP contribution is -2.43. The Kier molecular flexibility index (Phi) is 3.22. The predicted molar refractivity (Wildman–Crippen MR) is 84.1 cm³/mol. The van der Waals surface area contributed by atoms with Crippen LogP contribution in [0.4, 0.5) is 0 Å². The zero-order valence-electron chi connectivity index (χ0n) is 12.6. The quantitative estimate of drug-likeness (QED) is 0.936. The van der Waals surface area contributed by atoms with Gasteiger partial charge in [-0.1, -0.05) is 12.1 Å². The topological polar surface area (TPSA) is 54.5 Å². The van der Waals surface area contributed by atoms with Crippen molar-refractivity contribution < 1.29 is 9.53 Å². The second-order valence-corrected chi connectivity index (χ2v) is 6.14. The lowest BCUT2D eigenvalue weighted by Gasteiger charge is -2.23. The van der Waals surface area contributed by atoms with Crippen molar-refractivity contribution in [1.29, 1.82) is 0 Å². The largest absolute Gasteiger partial charge is 0.496 e. The Bertz CT molecular complexity index is 731. The number of nitrogens with one attached hydrogen (secondary N) is 1. The van der Waals surface area contributed by atoms with Crippen molar-refractivity contribution >= 4 is 16.7 Å². The third-order valence-electron chi connectivity index (χ3n) is 4.83. The third kappa shape index (κ3) is 2.22. The third-order valence-corrected chi connectivity index (χ3v) is 4.83. The molecule has 2 fully saturated rings. The van der Waals surface area contributed by atoms with Crippen LogP contribution in [0.25, 0.3) is 10.8 Å². The first kappa shape index (κ1) is 13.5. The van der Waals surface area contributed by atoms with Crippen LogP contribution in [0.15, 0.2) is 30.5 Å². The van der Waals surface area contributed by atoms with E-state index in [9.17, 15) is 4.79 Å². The highest BCUT2D eigenvalue weighted by molar-refractivity contribution is 5.98. The van der Waals surface area contributed by atoms with Crippen molar-refractivity contribution in [3.05, 3.63) is 36.2 Å². The smallest absolute Gasteiger partial charge is 0.270 e. The summed E-state index contributed by atoms with van der Waals surface area (Å²) in [5.41, 5.74) is 0.453. The van der Waals surface area contributed by atoms with Crippen LogP contribution in [0, 0.1) is 5.92 Å². The summed E-state index contributed by atoms with van der Waals surface area (Å²) in [6.45, 7) is 3.25. The Hall–Kier alpha value is -2.14. The van der Waals surface area contributed by atoms with Gasteiger partial charge in [0.15, 0.2) is 0 Å². The first-order chi connectivity index (χ1) is 10.7. The standard InChI is InChI=1S/C17H19N3O2/c1-22-16-4-2-3-11-8-18-14(7-13(11)16)17(21)19-15-10-20-6-5-12(15)9-20/h2-4,7-8,12,15H,5-6,9-10H2,1H3,(H,19,21). The SMILES string of the molecule is COc1cccc2cnc(C(=O)NC3CN4CCC3C4)cc12. The summed E-state index contributed by atoms with van der Waals surface area (Å²) in [5, 5.41) is 5.04. The van der Waals surface area contributed by atoms with Crippen molar-refractivity contribution in [2.24, 2.45) is 5.92 Å². The van der Waals surface area contributed by atoms with Gasteiger partial charge in [-0.2, -0.15) is 0 Å². The van der Waals surface area contributed by atoms with Gasteiger partial charge >= 0.3 is 0 Å². The number of hydrogen-bond donors (Lipinski definition) is 1. The number of carbonyl (C=O) groups excluding carboxylic acids is 1. The van der Waals surface area contributed by atoms with E-state index in [0.29, 0.717) is 11.6 Å². The summed E-state index contributed by atoms with van der Waals surface area (Å²) >= 11 is 0. The molecule has 0 radical (unpaired) electrons. The number of nitrogens with zero attached hydrogens (tertiary/aromatic N) is 2. The summed E-state index contributed by atoms with van der Waals surface area (Å²) in [6.07, 6.45) is 2.92. The molecule has 1 N–H and O–H groups in total. The van der Waals surface area contributed by atoms with Gasteiger partial charge in [0.1, 0.15) is 11.4 Å². The van der Waals surface area contributed by atoms with Crippen molar-refractivity contribution in [2.75, 3.05) is 26.7 Å². The molecule has 2 bridgehead atoms. The monoisotopic (exact) mass is 297 g/mol. The highest BCUT2D eigenvalue weighted by Gasteiger charge is 2.38. The Morgan fingerprint density at radius 1 is 1.41 bits per heavy atom. The number of pyridine rings is 1. The molecule has 3 unspecified atom stereocenters. The second kappa shape index (κ2) is 5.25. The van der Waals surface area contributed by atoms with E-state index in [2.05, 4.69) is 15.2 Å². The first-order valence-corrected chi connectivity index (χ1v) is 7.70. The molecule has 1 aromatic carbocycles. The van der Waals surface area contributed by atoms with Crippen molar-refractivity contribution in [2.45, 2.75) is 12.5 Å². The highest BCUT2D eigenvalue weighted by atomic mass is 16.5. The van der Waals surface area contributed by atoms with E-state index < -0.39 is 0 Å². The van der Waals surface area contributed by atoms with Crippen LogP contribution in [-0.4, -0.2) is 48.6 Å². The molecule has 0 saturated carbocycles. The van der Waals surface area contributed by atoms with E-state index in [-0.39, 0.29) is 11.9 Å². The van der Waals surface area contributed by atoms with Crippen LogP contribution in [-0.2, 0) is 0 Å². The van der Waals surface area contributed by atoms with Gasteiger partial charge in [-0.25, -0.2) is 0 Å². The van der Waals surface area contributed by atoms with Gasteiger partial charge < -0.3 is 15.0 Å². The number of hydrogen-bond acceptors (Lipinski definition) is 4. The van der Waals surface area contributed by atoms with E-state index in [1.807, 2.05) is 24.3 Å². The fourth-order valence-corrected chi connectivity index (χ4v) is 3.63. The molecular formula is C17H19N3O2. The molecule has 5 heteroatoms.